The van der Waals surface area contributed by atoms with Crippen molar-refractivity contribution in [3.05, 3.63) is 12.2 Å². The van der Waals surface area contributed by atoms with Gasteiger partial charge in [-0.15, -0.1) is 12.3 Å². The third-order valence-corrected chi connectivity index (χ3v) is 2.74. The first-order valence-electron chi connectivity index (χ1n) is 5.69. The highest BCUT2D eigenvalue weighted by Crippen LogP contribution is 2.18. The maximum absolute atomic E-state index is 5.59. The number of nitrogens with zero attached hydrogens (tertiary/aromatic N) is 1. The lowest BCUT2D eigenvalue weighted by Crippen LogP contribution is -2.36. The van der Waals surface area contributed by atoms with Gasteiger partial charge in [0, 0.05) is 18.5 Å². The summed E-state index contributed by atoms with van der Waals surface area (Å²) in [5.74, 6) is 3.92. The summed E-state index contributed by atoms with van der Waals surface area (Å²) >= 11 is 0. The average molecular weight is 207 g/mol. The third kappa shape index (κ3) is 5.64. The van der Waals surface area contributed by atoms with E-state index in [1.54, 1.807) is 0 Å². The predicted octanol–water partition coefficient (Wildman–Crippen LogP) is 3.18. The zero-order valence-corrected chi connectivity index (χ0v) is 10.9. The third-order valence-electron chi connectivity index (χ3n) is 2.74. The molecule has 15 heavy (non-hydrogen) atoms. The summed E-state index contributed by atoms with van der Waals surface area (Å²) < 4.78 is 0. The Balaban J connectivity index is 4.31. The highest BCUT2D eigenvalue weighted by atomic mass is 15.1. The average Bonchev–Trinajstić information content (AvgIpc) is 2.11. The summed E-state index contributed by atoms with van der Waals surface area (Å²) in [4.78, 5) is 2.29. The Hall–Kier alpha value is -0.740. The highest BCUT2D eigenvalue weighted by molar-refractivity contribution is 5.00. The molecule has 0 saturated carbocycles. The summed E-state index contributed by atoms with van der Waals surface area (Å²) in [6.07, 6.45) is 6.69. The molecular formula is C14H25N. The molecule has 0 spiro atoms. The van der Waals surface area contributed by atoms with Crippen molar-refractivity contribution in [1.82, 2.24) is 4.90 Å². The van der Waals surface area contributed by atoms with E-state index in [2.05, 4.69) is 52.1 Å². The minimum atomic E-state index is 0.342. The van der Waals surface area contributed by atoms with E-state index >= 15 is 0 Å². The molecular weight excluding hydrogens is 182 g/mol. The summed E-state index contributed by atoms with van der Waals surface area (Å²) in [7, 11) is 2.12. The number of likely N-dealkylation sites (N-methyl/N-ethyl adjacent to an activating group) is 1. The zero-order chi connectivity index (χ0) is 12.0. The van der Waals surface area contributed by atoms with Crippen LogP contribution in [0.25, 0.3) is 0 Å². The Morgan fingerprint density at radius 1 is 1.40 bits per heavy atom. The van der Waals surface area contributed by atoms with Crippen LogP contribution in [0.3, 0.4) is 0 Å². The first-order valence-corrected chi connectivity index (χ1v) is 5.69. The number of hydrogen-bond donors (Lipinski definition) is 0. The van der Waals surface area contributed by atoms with Crippen molar-refractivity contribution in [2.45, 2.75) is 40.2 Å². The predicted molar refractivity (Wildman–Crippen MR) is 68.7 cm³/mol. The fourth-order valence-corrected chi connectivity index (χ4v) is 1.79. The van der Waals surface area contributed by atoms with E-state index in [0.29, 0.717) is 17.9 Å². The van der Waals surface area contributed by atoms with Gasteiger partial charge in [0.15, 0.2) is 0 Å². The molecule has 1 heteroatoms. The van der Waals surface area contributed by atoms with Gasteiger partial charge in [-0.1, -0.05) is 26.0 Å². The van der Waals surface area contributed by atoms with E-state index in [0.717, 1.165) is 13.0 Å². The molecule has 0 aromatic rings. The lowest BCUT2D eigenvalue weighted by molar-refractivity contribution is 0.217. The monoisotopic (exact) mass is 207 g/mol. The van der Waals surface area contributed by atoms with E-state index in [9.17, 15) is 0 Å². The van der Waals surface area contributed by atoms with Crippen LogP contribution in [-0.2, 0) is 0 Å². The van der Waals surface area contributed by atoms with Crippen LogP contribution < -0.4 is 0 Å². The van der Waals surface area contributed by atoms with Gasteiger partial charge in [0.2, 0.25) is 0 Å². The Kier molecular flexibility index (Phi) is 6.36. The molecule has 0 heterocycles. The molecule has 0 bridgehead atoms. The Bertz CT molecular complexity index is 234. The summed E-state index contributed by atoms with van der Waals surface area (Å²) in [6, 6.07) is 0.425. The number of rotatable bonds is 6. The lowest BCUT2D eigenvalue weighted by atomic mass is 9.91. The molecule has 0 rings (SSSR count). The highest BCUT2D eigenvalue weighted by Gasteiger charge is 2.19. The van der Waals surface area contributed by atoms with Gasteiger partial charge < -0.3 is 0 Å². The fourth-order valence-electron chi connectivity index (χ4n) is 1.79. The molecule has 0 radical (unpaired) electrons. The molecule has 86 valence electrons. The summed E-state index contributed by atoms with van der Waals surface area (Å²) in [6.45, 7) is 13.6. The molecule has 0 aliphatic rings. The van der Waals surface area contributed by atoms with E-state index in [1.807, 2.05) is 0 Å². The van der Waals surface area contributed by atoms with E-state index in [1.165, 1.54) is 5.57 Å². The molecule has 0 N–H and O–H groups in total. The first-order chi connectivity index (χ1) is 6.88. The van der Waals surface area contributed by atoms with Crippen molar-refractivity contribution >= 4 is 0 Å². The fraction of sp³-hybridized carbons (Fsp3) is 0.714. The second-order valence-electron chi connectivity index (χ2n) is 5.02. The molecule has 0 saturated heterocycles. The molecule has 2 atom stereocenters. The quantitative estimate of drug-likeness (QED) is 0.477. The molecule has 0 aliphatic carbocycles. The van der Waals surface area contributed by atoms with Gasteiger partial charge in [0.1, 0.15) is 0 Å². The molecule has 1 nitrogen and oxygen atoms in total. The van der Waals surface area contributed by atoms with Gasteiger partial charge in [-0.25, -0.2) is 0 Å². The maximum Gasteiger partial charge on any atom is 0.0355 e. The Labute approximate surface area is 95.6 Å². The zero-order valence-electron chi connectivity index (χ0n) is 10.9. The minimum Gasteiger partial charge on any atom is -0.299 e. The van der Waals surface area contributed by atoms with Gasteiger partial charge in [-0.05, 0) is 33.2 Å². The molecule has 0 amide bonds. The van der Waals surface area contributed by atoms with Crippen molar-refractivity contribution in [1.29, 1.82) is 0 Å². The largest absolute Gasteiger partial charge is 0.299 e. The molecule has 2 unspecified atom stereocenters. The molecule has 0 aromatic heterocycles. The maximum atomic E-state index is 5.59. The van der Waals surface area contributed by atoms with E-state index in [-0.39, 0.29) is 0 Å². The molecule has 0 aliphatic heterocycles. The van der Waals surface area contributed by atoms with Crippen LogP contribution in [0.5, 0.6) is 0 Å². The second kappa shape index (κ2) is 6.69. The number of terminal acetylenes is 1. The van der Waals surface area contributed by atoms with Crippen LogP contribution >= 0.6 is 0 Å². The lowest BCUT2D eigenvalue weighted by Gasteiger charge is -2.30. The molecule has 0 fully saturated rings. The van der Waals surface area contributed by atoms with E-state index < -0.39 is 0 Å². The van der Waals surface area contributed by atoms with Crippen molar-refractivity contribution in [2.24, 2.45) is 11.8 Å². The van der Waals surface area contributed by atoms with Crippen LogP contribution in [0.4, 0.5) is 0 Å². The van der Waals surface area contributed by atoms with Gasteiger partial charge in [-0.2, -0.15) is 0 Å². The summed E-state index contributed by atoms with van der Waals surface area (Å²) in [5, 5.41) is 0. The van der Waals surface area contributed by atoms with Crippen LogP contribution in [0.2, 0.25) is 0 Å². The minimum absolute atomic E-state index is 0.342. The van der Waals surface area contributed by atoms with Crippen LogP contribution in [0, 0.1) is 24.2 Å². The van der Waals surface area contributed by atoms with Gasteiger partial charge in [0.05, 0.1) is 0 Å². The van der Waals surface area contributed by atoms with E-state index in [4.69, 9.17) is 6.42 Å². The number of hydrogen-bond acceptors (Lipinski definition) is 1. The smallest absolute Gasteiger partial charge is 0.0355 e. The normalized spacial score (nSPS) is 15.1. The Morgan fingerprint density at radius 3 is 2.27 bits per heavy atom. The summed E-state index contributed by atoms with van der Waals surface area (Å²) in [5.41, 5.74) is 1.18. The van der Waals surface area contributed by atoms with Crippen molar-refractivity contribution in [2.75, 3.05) is 13.6 Å². The second-order valence-corrected chi connectivity index (χ2v) is 5.02. The van der Waals surface area contributed by atoms with Crippen molar-refractivity contribution in [3.63, 3.8) is 0 Å². The Morgan fingerprint density at radius 2 is 1.93 bits per heavy atom. The molecule has 0 aromatic carbocycles. The van der Waals surface area contributed by atoms with Crippen LogP contribution in [-0.4, -0.2) is 24.5 Å². The van der Waals surface area contributed by atoms with Gasteiger partial charge in [0.25, 0.3) is 0 Å². The first kappa shape index (κ1) is 14.3. The topological polar surface area (TPSA) is 3.24 Å². The standard InChI is InChI=1S/C14H25N/c1-8-14(9-11(2)3)13(6)15(7)10-12(4)5/h1,11,13-14H,4,9-10H2,2-3,5-7H3. The van der Waals surface area contributed by atoms with Gasteiger partial charge >= 0.3 is 0 Å². The van der Waals surface area contributed by atoms with Gasteiger partial charge in [-0.3, -0.25) is 4.90 Å². The van der Waals surface area contributed by atoms with Crippen LogP contribution in [0.1, 0.15) is 34.1 Å². The van der Waals surface area contributed by atoms with Crippen LogP contribution in [0.15, 0.2) is 12.2 Å². The van der Waals surface area contributed by atoms with Crippen molar-refractivity contribution in [3.8, 4) is 12.3 Å². The van der Waals surface area contributed by atoms with Crippen molar-refractivity contribution < 1.29 is 0 Å². The SMILES string of the molecule is C#CC(CC(C)C)C(C)N(C)CC(=C)C.